The van der Waals surface area contributed by atoms with Gasteiger partial charge >= 0.3 is 6.03 Å². The van der Waals surface area contributed by atoms with E-state index in [0.29, 0.717) is 19.6 Å². The van der Waals surface area contributed by atoms with Gasteiger partial charge in [-0.05, 0) is 24.7 Å². The Kier molecular flexibility index (Phi) is 5.68. The van der Waals surface area contributed by atoms with Gasteiger partial charge in [-0.2, -0.15) is 0 Å². The summed E-state index contributed by atoms with van der Waals surface area (Å²) in [6.07, 6.45) is 2.71. The zero-order valence-corrected chi connectivity index (χ0v) is 15.5. The Morgan fingerprint density at radius 3 is 2.57 bits per heavy atom. The Morgan fingerprint density at radius 1 is 1.43 bits per heavy atom. The molecule has 6 heteroatoms. The lowest BCUT2D eigenvalue weighted by atomic mass is 9.77. The molecule has 0 bridgehead atoms. The topological polar surface area (TPSA) is 65.5 Å². The Hall–Kier alpha value is -1.14. The number of carbonyl (C=O) groups is 1. The number of urea groups is 1. The molecule has 0 spiro atoms. The van der Waals surface area contributed by atoms with Crippen molar-refractivity contribution < 1.29 is 9.90 Å². The number of likely N-dealkylation sites (tertiary alicyclic amines) is 1. The molecule has 1 aliphatic rings. The van der Waals surface area contributed by atoms with E-state index < -0.39 is 0 Å². The molecule has 1 aromatic heterocycles. The average Bonchev–Trinajstić information content (AvgIpc) is 3.02. The molecule has 5 nitrogen and oxygen atoms in total. The minimum atomic E-state index is -0.0297. The van der Waals surface area contributed by atoms with E-state index in [9.17, 15) is 9.90 Å². The van der Waals surface area contributed by atoms with Crippen LogP contribution in [0, 0.1) is 5.41 Å². The van der Waals surface area contributed by atoms with Crippen molar-refractivity contribution in [3.63, 3.8) is 0 Å². The van der Waals surface area contributed by atoms with Crippen LogP contribution in [0.5, 0.6) is 0 Å². The summed E-state index contributed by atoms with van der Waals surface area (Å²) >= 11 is 1.65. The first kappa shape index (κ1) is 18.2. The normalized spacial score (nSPS) is 18.0. The highest BCUT2D eigenvalue weighted by molar-refractivity contribution is 7.09. The lowest BCUT2D eigenvalue weighted by Crippen LogP contribution is -2.48. The van der Waals surface area contributed by atoms with Gasteiger partial charge in [-0.1, -0.05) is 27.7 Å². The molecule has 0 aliphatic carbocycles. The van der Waals surface area contributed by atoms with Crippen LogP contribution in [-0.2, 0) is 12.0 Å². The van der Waals surface area contributed by atoms with Crippen LogP contribution in [0.25, 0.3) is 0 Å². The molecule has 2 rings (SSSR count). The van der Waals surface area contributed by atoms with Gasteiger partial charge in [0.05, 0.1) is 17.2 Å². The summed E-state index contributed by atoms with van der Waals surface area (Å²) in [6, 6.07) is -0.0297. The van der Waals surface area contributed by atoms with Crippen molar-refractivity contribution in [2.24, 2.45) is 5.41 Å². The third kappa shape index (κ3) is 4.44. The maximum absolute atomic E-state index is 12.3. The largest absolute Gasteiger partial charge is 0.396 e. The van der Waals surface area contributed by atoms with Crippen LogP contribution < -0.4 is 5.32 Å². The SMILES string of the molecule is CCC1(CO)CCN(C(=O)NCc2csc(C(C)(C)C)n2)CC1. The van der Waals surface area contributed by atoms with Crippen molar-refractivity contribution in [1.29, 1.82) is 0 Å². The van der Waals surface area contributed by atoms with Gasteiger partial charge in [-0.15, -0.1) is 11.3 Å². The van der Waals surface area contributed by atoms with Gasteiger partial charge in [-0.3, -0.25) is 0 Å². The first-order valence-electron chi connectivity index (χ1n) is 8.38. The highest BCUT2D eigenvalue weighted by Gasteiger charge is 2.33. The second-order valence-corrected chi connectivity index (χ2v) is 8.41. The van der Waals surface area contributed by atoms with Crippen molar-refractivity contribution in [3.05, 3.63) is 16.1 Å². The van der Waals surface area contributed by atoms with Gasteiger partial charge in [-0.25, -0.2) is 9.78 Å². The number of aliphatic hydroxyl groups is 1. The number of piperidine rings is 1. The van der Waals surface area contributed by atoms with Crippen LogP contribution in [0.15, 0.2) is 5.38 Å². The maximum atomic E-state index is 12.3. The maximum Gasteiger partial charge on any atom is 0.317 e. The molecule has 0 atom stereocenters. The molecule has 2 amide bonds. The standard InChI is InChI=1S/C17H29N3O2S/c1-5-17(12-21)6-8-20(9-7-17)15(22)18-10-13-11-23-14(19-13)16(2,3)4/h11,21H,5-10,12H2,1-4H3,(H,18,22). The lowest BCUT2D eigenvalue weighted by molar-refractivity contribution is 0.0519. The van der Waals surface area contributed by atoms with E-state index in [0.717, 1.165) is 30.0 Å². The van der Waals surface area contributed by atoms with E-state index in [4.69, 9.17) is 0 Å². The van der Waals surface area contributed by atoms with Crippen molar-refractivity contribution in [3.8, 4) is 0 Å². The zero-order valence-electron chi connectivity index (χ0n) is 14.7. The molecule has 0 radical (unpaired) electrons. The number of thiazole rings is 1. The highest BCUT2D eigenvalue weighted by Crippen LogP contribution is 2.34. The van der Waals surface area contributed by atoms with Crippen molar-refractivity contribution in [2.45, 2.75) is 58.9 Å². The summed E-state index contributed by atoms with van der Waals surface area (Å²) in [5.74, 6) is 0. The molecule has 130 valence electrons. The minimum absolute atomic E-state index is 0.00725. The molecule has 1 aliphatic heterocycles. The number of nitrogens with one attached hydrogen (secondary N) is 1. The average molecular weight is 340 g/mol. The third-order valence-corrected chi connectivity index (χ3v) is 6.13. The van der Waals surface area contributed by atoms with E-state index in [1.807, 2.05) is 10.3 Å². The van der Waals surface area contributed by atoms with Gasteiger partial charge in [0, 0.05) is 30.5 Å². The number of carbonyl (C=O) groups excluding carboxylic acids is 1. The van der Waals surface area contributed by atoms with Crippen LogP contribution in [-0.4, -0.2) is 40.7 Å². The zero-order chi connectivity index (χ0) is 17.1. The minimum Gasteiger partial charge on any atom is -0.396 e. The molecule has 1 aromatic rings. The number of rotatable bonds is 4. The number of hydrogen-bond acceptors (Lipinski definition) is 4. The Balaban J connectivity index is 1.83. The van der Waals surface area contributed by atoms with E-state index in [1.165, 1.54) is 0 Å². The number of amides is 2. The molecular formula is C17H29N3O2S. The molecule has 23 heavy (non-hydrogen) atoms. The molecule has 2 N–H and O–H groups in total. The predicted molar refractivity (Wildman–Crippen MR) is 93.7 cm³/mol. The highest BCUT2D eigenvalue weighted by atomic mass is 32.1. The summed E-state index contributed by atoms with van der Waals surface area (Å²) in [6.45, 7) is 10.7. The smallest absolute Gasteiger partial charge is 0.317 e. The van der Waals surface area contributed by atoms with Gasteiger partial charge in [0.2, 0.25) is 0 Å². The fourth-order valence-corrected chi connectivity index (χ4v) is 3.73. The van der Waals surface area contributed by atoms with Crippen LogP contribution in [0.4, 0.5) is 4.79 Å². The summed E-state index contributed by atoms with van der Waals surface area (Å²) in [5, 5.41) is 15.6. The molecule has 0 saturated carbocycles. The van der Waals surface area contributed by atoms with E-state index in [1.54, 1.807) is 11.3 Å². The van der Waals surface area contributed by atoms with E-state index in [-0.39, 0.29) is 23.5 Å². The number of nitrogens with zero attached hydrogens (tertiary/aromatic N) is 2. The van der Waals surface area contributed by atoms with E-state index >= 15 is 0 Å². The molecule has 1 fully saturated rings. The Labute approximate surface area is 143 Å². The summed E-state index contributed by atoms with van der Waals surface area (Å²) in [5.41, 5.74) is 0.976. The molecule has 1 saturated heterocycles. The molecule has 2 heterocycles. The third-order valence-electron chi connectivity index (χ3n) is 4.81. The fourth-order valence-electron chi connectivity index (χ4n) is 2.82. The first-order valence-corrected chi connectivity index (χ1v) is 9.26. The Bertz CT molecular complexity index is 522. The lowest BCUT2D eigenvalue weighted by Gasteiger charge is -2.40. The predicted octanol–water partition coefficient (Wildman–Crippen LogP) is 3.13. The van der Waals surface area contributed by atoms with Crippen molar-refractivity contribution in [1.82, 2.24) is 15.2 Å². The monoisotopic (exact) mass is 339 g/mol. The van der Waals surface area contributed by atoms with Crippen molar-refractivity contribution in [2.75, 3.05) is 19.7 Å². The van der Waals surface area contributed by atoms with Gasteiger partial charge < -0.3 is 15.3 Å². The summed E-state index contributed by atoms with van der Waals surface area (Å²) in [4.78, 5) is 18.7. The first-order chi connectivity index (χ1) is 10.8. The van der Waals surface area contributed by atoms with Crippen LogP contribution in [0.2, 0.25) is 0 Å². The summed E-state index contributed by atoms with van der Waals surface area (Å²) < 4.78 is 0. The summed E-state index contributed by atoms with van der Waals surface area (Å²) in [7, 11) is 0. The molecular weight excluding hydrogens is 310 g/mol. The van der Waals surface area contributed by atoms with Crippen LogP contribution in [0.1, 0.15) is 57.7 Å². The van der Waals surface area contributed by atoms with Gasteiger partial charge in [0.15, 0.2) is 0 Å². The Morgan fingerprint density at radius 2 is 2.09 bits per heavy atom. The van der Waals surface area contributed by atoms with Crippen LogP contribution >= 0.6 is 11.3 Å². The van der Waals surface area contributed by atoms with Gasteiger partial charge in [0.1, 0.15) is 0 Å². The second-order valence-electron chi connectivity index (χ2n) is 7.55. The number of aliphatic hydroxyl groups excluding tert-OH is 1. The fraction of sp³-hybridized carbons (Fsp3) is 0.765. The number of aromatic nitrogens is 1. The molecule has 0 unspecified atom stereocenters. The van der Waals surface area contributed by atoms with Gasteiger partial charge in [0.25, 0.3) is 0 Å². The van der Waals surface area contributed by atoms with Crippen LogP contribution in [0.3, 0.4) is 0 Å². The second kappa shape index (κ2) is 7.18. The quantitative estimate of drug-likeness (QED) is 0.886. The molecule has 0 aromatic carbocycles. The van der Waals surface area contributed by atoms with Crippen molar-refractivity contribution >= 4 is 17.4 Å². The van der Waals surface area contributed by atoms with E-state index in [2.05, 4.69) is 38.0 Å². The number of hydrogen-bond donors (Lipinski definition) is 2.